The van der Waals surface area contributed by atoms with Gasteiger partial charge in [-0.15, -0.1) is 11.6 Å². The van der Waals surface area contributed by atoms with E-state index in [1.54, 1.807) is 12.1 Å². The minimum atomic E-state index is -0.825. The van der Waals surface area contributed by atoms with E-state index in [9.17, 15) is 14.4 Å². The summed E-state index contributed by atoms with van der Waals surface area (Å²) >= 11 is 18.9. The van der Waals surface area contributed by atoms with Gasteiger partial charge in [-0.25, -0.2) is 0 Å². The molecule has 0 heterocycles. The fourth-order valence-corrected chi connectivity index (χ4v) is 4.21. The number of carbonyl (C=O) groups is 3. The molecule has 0 bridgehead atoms. The van der Waals surface area contributed by atoms with Crippen LogP contribution in [-0.2, 0) is 34.0 Å². The third-order valence-corrected chi connectivity index (χ3v) is 6.36. The highest BCUT2D eigenvalue weighted by Gasteiger charge is 2.26. The molecule has 208 valence electrons. The Morgan fingerprint density at radius 1 is 0.763 bits per heavy atom. The second-order valence-corrected chi connectivity index (χ2v) is 10.1. The average molecular weight is 590 g/mol. The summed E-state index contributed by atoms with van der Waals surface area (Å²) in [6, 6.07) is 11.0. The Kier molecular flexibility index (Phi) is 12.0. The van der Waals surface area contributed by atoms with Crippen LogP contribution in [0.1, 0.15) is 45.7 Å². The van der Waals surface area contributed by atoms with Crippen molar-refractivity contribution in [3.8, 4) is 11.5 Å². The van der Waals surface area contributed by atoms with Crippen molar-refractivity contribution in [1.82, 2.24) is 0 Å². The van der Waals surface area contributed by atoms with Gasteiger partial charge in [0, 0.05) is 26.2 Å². The first kappa shape index (κ1) is 31.5. The van der Waals surface area contributed by atoms with Gasteiger partial charge >= 0.3 is 17.9 Å². The molecule has 0 fully saturated rings. The van der Waals surface area contributed by atoms with E-state index in [-0.39, 0.29) is 41.5 Å². The van der Waals surface area contributed by atoms with Gasteiger partial charge in [-0.05, 0) is 35.4 Å². The molecule has 0 aliphatic heterocycles. The molecule has 0 spiro atoms. The fourth-order valence-electron chi connectivity index (χ4n) is 3.46. The van der Waals surface area contributed by atoms with Crippen LogP contribution in [0, 0.1) is 0 Å². The minimum absolute atomic E-state index is 0.113. The first-order chi connectivity index (χ1) is 17.8. The highest BCUT2D eigenvalue weighted by Crippen LogP contribution is 2.40. The van der Waals surface area contributed by atoms with Gasteiger partial charge in [0.25, 0.3) is 0 Å². The van der Waals surface area contributed by atoms with Gasteiger partial charge in [0.1, 0.15) is 31.7 Å². The lowest BCUT2D eigenvalue weighted by Crippen LogP contribution is -2.30. The average Bonchev–Trinajstić information content (AvgIpc) is 2.83. The maximum atomic E-state index is 11.4. The van der Waals surface area contributed by atoms with Crippen LogP contribution >= 0.6 is 34.8 Å². The van der Waals surface area contributed by atoms with Crippen molar-refractivity contribution in [3.63, 3.8) is 0 Å². The van der Waals surface area contributed by atoms with Gasteiger partial charge < -0.3 is 23.7 Å². The lowest BCUT2D eigenvalue weighted by molar-refractivity contribution is -0.158. The van der Waals surface area contributed by atoms with E-state index in [0.29, 0.717) is 5.75 Å². The largest absolute Gasteiger partial charge is 0.490 e. The zero-order valence-corrected chi connectivity index (χ0v) is 24.1. The summed E-state index contributed by atoms with van der Waals surface area (Å²) in [5, 5.41) is 0.541. The Balaban J connectivity index is 2.14. The van der Waals surface area contributed by atoms with Crippen LogP contribution in [-0.4, -0.2) is 55.8 Å². The van der Waals surface area contributed by atoms with Crippen LogP contribution in [0.5, 0.6) is 11.5 Å². The Morgan fingerprint density at radius 2 is 1.29 bits per heavy atom. The second-order valence-electron chi connectivity index (χ2n) is 8.96. The monoisotopic (exact) mass is 588 g/mol. The minimum Gasteiger partial charge on any atom is -0.490 e. The number of esters is 3. The highest BCUT2D eigenvalue weighted by molar-refractivity contribution is 6.37. The van der Waals surface area contributed by atoms with E-state index >= 15 is 0 Å². The molecule has 0 unspecified atom stereocenters. The quantitative estimate of drug-likeness (QED) is 0.166. The predicted molar refractivity (Wildman–Crippen MR) is 144 cm³/mol. The van der Waals surface area contributed by atoms with Crippen LogP contribution in [0.25, 0.3) is 0 Å². The third kappa shape index (κ3) is 9.57. The smallest absolute Gasteiger partial charge is 0.303 e. The molecule has 8 nitrogen and oxygen atoms in total. The van der Waals surface area contributed by atoms with Crippen LogP contribution in [0.4, 0.5) is 0 Å². The second kappa shape index (κ2) is 14.5. The number of rotatable bonds is 13. The van der Waals surface area contributed by atoms with Crippen LogP contribution in [0.2, 0.25) is 10.0 Å². The summed E-state index contributed by atoms with van der Waals surface area (Å²) in [5.41, 5.74) is 1.31. The molecule has 0 radical (unpaired) electrons. The van der Waals surface area contributed by atoms with Crippen molar-refractivity contribution in [1.29, 1.82) is 0 Å². The van der Waals surface area contributed by atoms with Gasteiger partial charge in [-0.3, -0.25) is 14.4 Å². The number of hydrogen-bond acceptors (Lipinski definition) is 8. The third-order valence-electron chi connectivity index (χ3n) is 5.46. The summed E-state index contributed by atoms with van der Waals surface area (Å²) in [4.78, 5) is 33.6. The summed E-state index contributed by atoms with van der Waals surface area (Å²) in [5.74, 6) is -0.523. The molecule has 0 N–H and O–H groups in total. The van der Waals surface area contributed by atoms with E-state index in [0.717, 1.165) is 11.1 Å². The molecule has 0 saturated carbocycles. The number of alkyl halides is 1. The molecular weight excluding hydrogens is 559 g/mol. The molecule has 0 aliphatic rings. The van der Waals surface area contributed by atoms with Crippen LogP contribution < -0.4 is 9.47 Å². The topological polar surface area (TPSA) is 97.4 Å². The number of benzene rings is 2. The SMILES string of the molecule is CC(=O)OC[C@@H](COc1c(Cl)cc(C(C)(C)c2ccc(OC[C@H](CCl)OC(C)=O)cc2)cc1Cl)OC(C)=O. The molecule has 0 aliphatic carbocycles. The summed E-state index contributed by atoms with van der Waals surface area (Å²) in [7, 11) is 0. The molecule has 2 rings (SSSR count). The molecule has 0 amide bonds. The molecule has 11 heteroatoms. The Bertz CT molecular complexity index is 1090. The number of halogens is 3. The van der Waals surface area contributed by atoms with Gasteiger partial charge in [-0.2, -0.15) is 0 Å². The van der Waals surface area contributed by atoms with Crippen molar-refractivity contribution in [3.05, 3.63) is 57.6 Å². The van der Waals surface area contributed by atoms with Gasteiger partial charge in [-0.1, -0.05) is 49.2 Å². The fraction of sp³-hybridized carbons (Fsp3) is 0.444. The maximum absolute atomic E-state index is 11.4. The molecule has 38 heavy (non-hydrogen) atoms. The highest BCUT2D eigenvalue weighted by atomic mass is 35.5. The first-order valence-electron chi connectivity index (χ1n) is 11.7. The molecular formula is C27H31Cl3O8. The van der Waals surface area contributed by atoms with Crippen LogP contribution in [0.15, 0.2) is 36.4 Å². The number of hydrogen-bond donors (Lipinski definition) is 0. The van der Waals surface area contributed by atoms with Crippen molar-refractivity contribution >= 4 is 52.7 Å². The lowest BCUT2D eigenvalue weighted by atomic mass is 9.78. The standard InChI is InChI=1S/C27H31Cl3O8/c1-16(31)34-14-23(38-18(3)33)15-36-26-24(29)10-20(11-25(26)30)27(4,5)19-6-8-21(9-7-19)35-13-22(12-28)37-17(2)32/h6-11,22-23H,12-15H2,1-5H3/t22-,23-/m0/s1. The van der Waals surface area contributed by atoms with Crippen molar-refractivity contribution in [2.75, 3.05) is 25.7 Å². The van der Waals surface area contributed by atoms with Gasteiger partial charge in [0.05, 0.1) is 15.9 Å². The van der Waals surface area contributed by atoms with E-state index in [4.69, 9.17) is 58.5 Å². The van der Waals surface area contributed by atoms with E-state index in [1.807, 2.05) is 38.1 Å². The summed E-state index contributed by atoms with van der Waals surface area (Å²) in [6.07, 6.45) is -1.37. The molecule has 2 aromatic carbocycles. The predicted octanol–water partition coefficient (Wildman–Crippen LogP) is 5.74. The van der Waals surface area contributed by atoms with Gasteiger partial charge in [0.2, 0.25) is 0 Å². The van der Waals surface area contributed by atoms with Crippen molar-refractivity contribution < 1.29 is 38.1 Å². The lowest BCUT2D eigenvalue weighted by Gasteiger charge is -2.27. The maximum Gasteiger partial charge on any atom is 0.303 e. The number of ether oxygens (including phenoxy) is 5. The Morgan fingerprint density at radius 3 is 1.79 bits per heavy atom. The zero-order chi connectivity index (χ0) is 28.5. The van der Waals surface area contributed by atoms with E-state index < -0.39 is 35.5 Å². The van der Waals surface area contributed by atoms with Crippen molar-refractivity contribution in [2.24, 2.45) is 0 Å². The molecule has 2 aromatic rings. The first-order valence-corrected chi connectivity index (χ1v) is 13.0. The molecule has 2 atom stereocenters. The van der Waals surface area contributed by atoms with Crippen LogP contribution in [0.3, 0.4) is 0 Å². The Labute approximate surface area is 237 Å². The Hall–Kier alpha value is -2.68. The number of carbonyl (C=O) groups excluding carboxylic acids is 3. The summed E-state index contributed by atoms with van der Waals surface area (Å²) < 4.78 is 26.6. The zero-order valence-electron chi connectivity index (χ0n) is 21.8. The van der Waals surface area contributed by atoms with E-state index in [1.165, 1.54) is 20.8 Å². The molecule has 0 saturated heterocycles. The molecule has 0 aromatic heterocycles. The van der Waals surface area contributed by atoms with Gasteiger partial charge in [0.15, 0.2) is 11.9 Å². The van der Waals surface area contributed by atoms with Crippen molar-refractivity contribution in [2.45, 2.75) is 52.2 Å². The summed E-state index contributed by atoms with van der Waals surface area (Å²) in [6.45, 7) is 7.72. The normalized spacial score (nSPS) is 12.7. The van der Waals surface area contributed by atoms with E-state index in [2.05, 4.69) is 0 Å².